The van der Waals surface area contributed by atoms with Gasteiger partial charge in [0, 0.05) is 22.2 Å². The summed E-state index contributed by atoms with van der Waals surface area (Å²) in [6, 6.07) is 9.41. The van der Waals surface area contributed by atoms with Crippen LogP contribution in [0.4, 0.5) is 18.9 Å². The van der Waals surface area contributed by atoms with E-state index in [-0.39, 0.29) is 11.1 Å². The molecule has 7 heteroatoms. The Labute approximate surface area is 158 Å². The van der Waals surface area contributed by atoms with E-state index < -0.39 is 17.6 Å². The van der Waals surface area contributed by atoms with Gasteiger partial charge in [-0.3, -0.25) is 9.59 Å². The van der Waals surface area contributed by atoms with E-state index in [1.165, 1.54) is 12.1 Å². The number of hydrogen-bond acceptors (Lipinski definition) is 2. The van der Waals surface area contributed by atoms with Crippen molar-refractivity contribution >= 4 is 22.5 Å². The number of carbonyl (C=O) groups excluding carboxylic acids is 1. The summed E-state index contributed by atoms with van der Waals surface area (Å²) in [6.45, 7) is 0. The number of H-pyrrole nitrogens is 1. The van der Waals surface area contributed by atoms with Gasteiger partial charge in [-0.1, -0.05) is 12.1 Å². The third-order valence-corrected chi connectivity index (χ3v) is 5.04. The highest BCUT2D eigenvalue weighted by atomic mass is 19.4. The number of halogens is 3. The number of nitrogens with one attached hydrogen (secondary N) is 2. The molecule has 0 fully saturated rings. The Morgan fingerprint density at radius 2 is 1.75 bits per heavy atom. The van der Waals surface area contributed by atoms with Gasteiger partial charge in [0.15, 0.2) is 0 Å². The fourth-order valence-corrected chi connectivity index (χ4v) is 3.68. The summed E-state index contributed by atoms with van der Waals surface area (Å²) in [5.74, 6) is -0.647. The summed E-state index contributed by atoms with van der Waals surface area (Å²) in [4.78, 5) is 27.5. The lowest BCUT2D eigenvalue weighted by atomic mass is 9.90. The van der Waals surface area contributed by atoms with Gasteiger partial charge in [0.25, 0.3) is 11.5 Å². The monoisotopic (exact) mass is 386 g/mol. The number of rotatable bonds is 2. The molecule has 4 rings (SSSR count). The number of aryl methyl sites for hydroxylation is 1. The Bertz CT molecular complexity index is 1130. The van der Waals surface area contributed by atoms with Crippen molar-refractivity contribution in [1.82, 2.24) is 4.98 Å². The van der Waals surface area contributed by atoms with Crippen molar-refractivity contribution in [3.05, 3.63) is 75.1 Å². The number of aromatic amines is 1. The topological polar surface area (TPSA) is 62.0 Å². The number of aromatic nitrogens is 1. The highest BCUT2D eigenvalue weighted by Gasteiger charge is 2.30. The van der Waals surface area contributed by atoms with Crippen LogP contribution in [0.3, 0.4) is 0 Å². The minimum absolute atomic E-state index is 0.0890. The lowest BCUT2D eigenvalue weighted by molar-refractivity contribution is -0.137. The molecule has 0 bridgehead atoms. The maximum atomic E-state index is 12.8. The average molecular weight is 386 g/mol. The number of amides is 1. The summed E-state index contributed by atoms with van der Waals surface area (Å²) in [7, 11) is 0. The van der Waals surface area contributed by atoms with Gasteiger partial charge in [-0.05, 0) is 61.6 Å². The molecule has 0 saturated carbocycles. The van der Waals surface area contributed by atoms with Gasteiger partial charge >= 0.3 is 6.18 Å². The van der Waals surface area contributed by atoms with Crippen molar-refractivity contribution in [3.8, 4) is 0 Å². The van der Waals surface area contributed by atoms with Crippen LogP contribution in [-0.2, 0) is 19.0 Å². The first kappa shape index (κ1) is 18.3. The lowest BCUT2D eigenvalue weighted by Gasteiger charge is -2.17. The zero-order valence-electron chi connectivity index (χ0n) is 14.8. The Balaban J connectivity index is 1.65. The quantitative estimate of drug-likeness (QED) is 0.672. The Hall–Kier alpha value is -3.09. The highest BCUT2D eigenvalue weighted by molar-refractivity contribution is 6.05. The lowest BCUT2D eigenvalue weighted by Crippen LogP contribution is -2.19. The third-order valence-electron chi connectivity index (χ3n) is 5.04. The van der Waals surface area contributed by atoms with E-state index in [0.717, 1.165) is 54.3 Å². The van der Waals surface area contributed by atoms with Crippen molar-refractivity contribution in [3.63, 3.8) is 0 Å². The molecule has 0 unspecified atom stereocenters. The number of alkyl halides is 3. The summed E-state index contributed by atoms with van der Waals surface area (Å²) in [5.41, 5.74) is 1.78. The van der Waals surface area contributed by atoms with Crippen LogP contribution in [0.1, 0.15) is 39.9 Å². The third kappa shape index (κ3) is 3.40. The van der Waals surface area contributed by atoms with Gasteiger partial charge in [0.05, 0.1) is 11.1 Å². The van der Waals surface area contributed by atoms with Gasteiger partial charge in [-0.25, -0.2) is 0 Å². The van der Waals surface area contributed by atoms with Crippen LogP contribution in [0.25, 0.3) is 10.9 Å². The van der Waals surface area contributed by atoms with Crippen LogP contribution in [0.5, 0.6) is 0 Å². The standard InChI is InChI=1S/C21H17F3N2O2/c22-21(23,24)13-5-3-4-12(10-13)19(27)25-14-8-9-16-15-6-1-2-7-17(15)20(28)26-18(16)11-14/h3-5,8-11H,1-2,6-7H2,(H,25,27)(H,26,28). The first-order chi connectivity index (χ1) is 13.3. The molecule has 3 aromatic rings. The van der Waals surface area contributed by atoms with Gasteiger partial charge in [0.1, 0.15) is 0 Å². The molecular formula is C21H17F3N2O2. The summed E-state index contributed by atoms with van der Waals surface area (Å²) in [6.07, 6.45) is -0.898. The summed E-state index contributed by atoms with van der Waals surface area (Å²) in [5, 5.41) is 3.54. The predicted molar refractivity (Wildman–Crippen MR) is 101 cm³/mol. The van der Waals surface area contributed by atoms with E-state index in [9.17, 15) is 22.8 Å². The first-order valence-electron chi connectivity index (χ1n) is 8.99. The predicted octanol–water partition coefficient (Wildman–Crippen LogP) is 4.68. The SMILES string of the molecule is O=C(Nc1ccc2c3c(c(=O)[nH]c2c1)CCCC3)c1cccc(C(F)(F)F)c1. The Kier molecular flexibility index (Phi) is 4.45. The molecule has 144 valence electrons. The van der Waals surface area contributed by atoms with Gasteiger partial charge in [-0.15, -0.1) is 0 Å². The molecule has 0 atom stereocenters. The molecule has 0 radical (unpaired) electrons. The Morgan fingerprint density at radius 1 is 1.00 bits per heavy atom. The molecule has 1 aromatic heterocycles. The molecule has 2 N–H and O–H groups in total. The molecule has 1 heterocycles. The molecule has 0 aliphatic heterocycles. The minimum Gasteiger partial charge on any atom is -0.322 e. The first-order valence-corrected chi connectivity index (χ1v) is 8.99. The van der Waals surface area contributed by atoms with Crippen molar-refractivity contribution in [1.29, 1.82) is 0 Å². The van der Waals surface area contributed by atoms with Gasteiger partial charge in [-0.2, -0.15) is 13.2 Å². The smallest absolute Gasteiger partial charge is 0.322 e. The molecule has 1 aliphatic carbocycles. The number of hydrogen-bond donors (Lipinski definition) is 2. The van der Waals surface area contributed by atoms with Gasteiger partial charge < -0.3 is 10.3 Å². The molecule has 4 nitrogen and oxygen atoms in total. The van der Waals surface area contributed by atoms with E-state index in [1.54, 1.807) is 12.1 Å². The van der Waals surface area contributed by atoms with Gasteiger partial charge in [0.2, 0.25) is 0 Å². The molecule has 28 heavy (non-hydrogen) atoms. The molecule has 1 amide bonds. The normalized spacial score (nSPS) is 14.0. The fraction of sp³-hybridized carbons (Fsp3) is 0.238. The van der Waals surface area contributed by atoms with Crippen LogP contribution in [-0.4, -0.2) is 10.9 Å². The second-order valence-electron chi connectivity index (χ2n) is 6.91. The molecule has 0 spiro atoms. The number of carbonyl (C=O) groups is 1. The van der Waals surface area contributed by atoms with Crippen LogP contribution < -0.4 is 10.9 Å². The molecule has 1 aliphatic rings. The van der Waals surface area contributed by atoms with E-state index in [0.29, 0.717) is 11.2 Å². The number of anilines is 1. The van der Waals surface area contributed by atoms with Crippen molar-refractivity contribution in [2.24, 2.45) is 0 Å². The van der Waals surface area contributed by atoms with E-state index in [4.69, 9.17) is 0 Å². The number of pyridine rings is 1. The van der Waals surface area contributed by atoms with E-state index in [1.807, 2.05) is 6.07 Å². The second-order valence-corrected chi connectivity index (χ2v) is 6.91. The second kappa shape index (κ2) is 6.82. The fourth-order valence-electron chi connectivity index (χ4n) is 3.68. The van der Waals surface area contributed by atoms with E-state index >= 15 is 0 Å². The van der Waals surface area contributed by atoms with Crippen LogP contribution in [0.15, 0.2) is 47.3 Å². The van der Waals surface area contributed by atoms with Crippen molar-refractivity contribution in [2.45, 2.75) is 31.9 Å². The van der Waals surface area contributed by atoms with Crippen LogP contribution in [0.2, 0.25) is 0 Å². The van der Waals surface area contributed by atoms with E-state index in [2.05, 4.69) is 10.3 Å². The number of fused-ring (bicyclic) bond motifs is 3. The molecule has 0 saturated heterocycles. The maximum Gasteiger partial charge on any atom is 0.416 e. The average Bonchev–Trinajstić information content (AvgIpc) is 2.67. The zero-order valence-corrected chi connectivity index (χ0v) is 14.8. The molecule has 2 aromatic carbocycles. The number of benzene rings is 2. The highest BCUT2D eigenvalue weighted by Crippen LogP contribution is 2.30. The van der Waals surface area contributed by atoms with Crippen molar-refractivity contribution < 1.29 is 18.0 Å². The minimum atomic E-state index is -4.52. The Morgan fingerprint density at radius 3 is 2.50 bits per heavy atom. The summed E-state index contributed by atoms with van der Waals surface area (Å²) < 4.78 is 38.5. The largest absolute Gasteiger partial charge is 0.416 e. The van der Waals surface area contributed by atoms with Crippen LogP contribution in [0, 0.1) is 0 Å². The molecular weight excluding hydrogens is 369 g/mol. The zero-order chi connectivity index (χ0) is 19.9. The summed E-state index contributed by atoms with van der Waals surface area (Å²) >= 11 is 0. The maximum absolute atomic E-state index is 12.8. The van der Waals surface area contributed by atoms with Crippen LogP contribution >= 0.6 is 0 Å². The van der Waals surface area contributed by atoms with Crippen molar-refractivity contribution in [2.75, 3.05) is 5.32 Å².